The highest BCUT2D eigenvalue weighted by Crippen LogP contribution is 2.36. The average molecular weight is 341 g/mol. The molecule has 0 bridgehead atoms. The Bertz CT molecular complexity index is 765. The van der Waals surface area contributed by atoms with E-state index >= 15 is 0 Å². The van der Waals surface area contributed by atoms with Gasteiger partial charge >= 0.3 is 0 Å². The molecule has 0 aliphatic carbocycles. The van der Waals surface area contributed by atoms with Crippen LogP contribution in [0.25, 0.3) is 11.1 Å². The molecule has 2 aromatic rings. The molecule has 1 aromatic carbocycles. The largest absolute Gasteiger partial charge is 0.497 e. The summed E-state index contributed by atoms with van der Waals surface area (Å²) < 4.78 is 5.32. The van der Waals surface area contributed by atoms with Crippen molar-refractivity contribution < 1.29 is 9.53 Å². The van der Waals surface area contributed by atoms with Gasteiger partial charge in [-0.15, -0.1) is 0 Å². The van der Waals surface area contributed by atoms with Crippen LogP contribution in [0, 0.1) is 0 Å². The topological polar surface area (TPSA) is 107 Å². The zero-order chi connectivity index (χ0) is 17.8. The highest BCUT2D eigenvalue weighted by atomic mass is 16.5. The minimum atomic E-state index is -0.142. The summed E-state index contributed by atoms with van der Waals surface area (Å²) >= 11 is 0. The third kappa shape index (κ3) is 3.56. The lowest BCUT2D eigenvalue weighted by Crippen LogP contribution is -2.42. The van der Waals surface area contributed by atoms with Gasteiger partial charge in [-0.05, 0) is 37.0 Å². The Morgan fingerprint density at radius 2 is 2.24 bits per heavy atom. The van der Waals surface area contributed by atoms with Crippen molar-refractivity contribution in [3.05, 3.63) is 36.2 Å². The number of rotatable bonds is 4. The number of likely N-dealkylation sites (tertiary alicyclic amines) is 1. The first-order valence-electron chi connectivity index (χ1n) is 8.40. The minimum absolute atomic E-state index is 0.00837. The van der Waals surface area contributed by atoms with Crippen LogP contribution in [-0.2, 0) is 4.79 Å². The number of anilines is 1. The van der Waals surface area contributed by atoms with E-state index in [2.05, 4.69) is 9.97 Å². The number of piperidine rings is 1. The summed E-state index contributed by atoms with van der Waals surface area (Å²) in [4.78, 5) is 22.7. The van der Waals surface area contributed by atoms with E-state index in [9.17, 15) is 4.79 Å². The Morgan fingerprint density at radius 1 is 1.40 bits per heavy atom. The van der Waals surface area contributed by atoms with E-state index < -0.39 is 0 Å². The van der Waals surface area contributed by atoms with E-state index in [1.165, 1.54) is 0 Å². The van der Waals surface area contributed by atoms with Crippen molar-refractivity contribution in [3.63, 3.8) is 0 Å². The highest BCUT2D eigenvalue weighted by Gasteiger charge is 2.30. The minimum Gasteiger partial charge on any atom is -0.497 e. The molecule has 0 radical (unpaired) electrons. The van der Waals surface area contributed by atoms with Gasteiger partial charge in [-0.3, -0.25) is 4.79 Å². The number of amides is 1. The molecule has 1 aromatic heterocycles. The maximum Gasteiger partial charge on any atom is 0.236 e. The van der Waals surface area contributed by atoms with Crippen molar-refractivity contribution >= 4 is 11.9 Å². The third-order valence-electron chi connectivity index (χ3n) is 4.53. The highest BCUT2D eigenvalue weighted by molar-refractivity contribution is 5.79. The zero-order valence-electron chi connectivity index (χ0n) is 14.3. The smallest absolute Gasteiger partial charge is 0.236 e. The van der Waals surface area contributed by atoms with Gasteiger partial charge in [0.2, 0.25) is 11.9 Å². The van der Waals surface area contributed by atoms with Gasteiger partial charge in [0.05, 0.1) is 25.4 Å². The quantitative estimate of drug-likeness (QED) is 0.877. The van der Waals surface area contributed by atoms with E-state index in [1.54, 1.807) is 13.3 Å². The Morgan fingerprint density at radius 3 is 3.00 bits per heavy atom. The average Bonchev–Trinajstić information content (AvgIpc) is 2.67. The van der Waals surface area contributed by atoms with Crippen molar-refractivity contribution in [3.8, 4) is 16.9 Å². The molecule has 1 aliphatic rings. The summed E-state index contributed by atoms with van der Waals surface area (Å²) in [7, 11) is 1.63. The van der Waals surface area contributed by atoms with Crippen LogP contribution in [0.5, 0.6) is 5.75 Å². The molecule has 4 N–H and O–H groups in total. The number of nitrogens with zero attached hydrogens (tertiary/aromatic N) is 3. The Hall–Kier alpha value is -2.67. The summed E-state index contributed by atoms with van der Waals surface area (Å²) in [5.41, 5.74) is 14.0. The summed E-state index contributed by atoms with van der Waals surface area (Å²) in [5.74, 6) is 0.879. The zero-order valence-corrected chi connectivity index (χ0v) is 14.3. The molecule has 25 heavy (non-hydrogen) atoms. The maximum atomic E-state index is 12.3. The molecule has 0 unspecified atom stereocenters. The molecule has 3 rings (SSSR count). The van der Waals surface area contributed by atoms with Crippen molar-refractivity contribution in [1.82, 2.24) is 14.9 Å². The Labute approximate surface area is 147 Å². The van der Waals surface area contributed by atoms with E-state index in [-0.39, 0.29) is 24.4 Å². The van der Waals surface area contributed by atoms with Crippen LogP contribution in [0.15, 0.2) is 30.5 Å². The maximum absolute atomic E-state index is 12.3. The number of benzene rings is 1. The van der Waals surface area contributed by atoms with E-state index in [0.29, 0.717) is 6.54 Å². The number of aromatic nitrogens is 2. The fourth-order valence-electron chi connectivity index (χ4n) is 3.31. The number of hydrogen-bond donors (Lipinski definition) is 2. The molecule has 1 fully saturated rings. The summed E-state index contributed by atoms with van der Waals surface area (Å²) in [6, 6.07) is 7.55. The number of nitrogens with two attached hydrogens (primary N) is 2. The molecule has 7 heteroatoms. The SMILES string of the molecule is COc1cccc(-c2cnc(N)nc2[C@@H]2CCCCN2C(=O)CN)c1. The molecule has 1 amide bonds. The number of carbonyl (C=O) groups is 1. The summed E-state index contributed by atoms with van der Waals surface area (Å²) in [6.45, 7) is 0.674. The predicted molar refractivity (Wildman–Crippen MR) is 95.8 cm³/mol. The van der Waals surface area contributed by atoms with Crippen molar-refractivity contribution in [2.75, 3.05) is 25.9 Å². The van der Waals surface area contributed by atoms with Crippen molar-refractivity contribution in [2.45, 2.75) is 25.3 Å². The van der Waals surface area contributed by atoms with Crippen LogP contribution in [-0.4, -0.2) is 41.0 Å². The lowest BCUT2D eigenvalue weighted by atomic mass is 9.93. The lowest BCUT2D eigenvalue weighted by molar-refractivity contribution is -0.133. The van der Waals surface area contributed by atoms with Gasteiger partial charge in [0.25, 0.3) is 0 Å². The molecule has 0 spiro atoms. The molecular weight excluding hydrogens is 318 g/mol. The van der Waals surface area contributed by atoms with Gasteiger partial charge in [-0.25, -0.2) is 9.97 Å². The van der Waals surface area contributed by atoms with Gasteiger partial charge in [-0.2, -0.15) is 0 Å². The van der Waals surface area contributed by atoms with E-state index in [1.807, 2.05) is 29.2 Å². The van der Waals surface area contributed by atoms with Crippen molar-refractivity contribution in [1.29, 1.82) is 0 Å². The second kappa shape index (κ2) is 7.48. The van der Waals surface area contributed by atoms with Crippen LogP contribution in [0.3, 0.4) is 0 Å². The molecule has 1 saturated heterocycles. The fourth-order valence-corrected chi connectivity index (χ4v) is 3.31. The Balaban J connectivity index is 2.08. The number of nitrogen functional groups attached to an aromatic ring is 1. The van der Waals surface area contributed by atoms with E-state index in [4.69, 9.17) is 16.2 Å². The predicted octanol–water partition coefficient (Wildman–Crippen LogP) is 1.75. The number of ether oxygens (including phenoxy) is 1. The summed E-state index contributed by atoms with van der Waals surface area (Å²) in [5, 5.41) is 0. The standard InChI is InChI=1S/C18H23N5O2/c1-25-13-6-4-5-12(9-13)14-11-21-18(20)22-17(14)15-7-2-3-8-23(15)16(24)10-19/h4-6,9,11,15H,2-3,7-8,10,19H2,1H3,(H2,20,21,22)/t15-/m0/s1. The molecule has 0 saturated carbocycles. The normalized spacial score (nSPS) is 17.4. The van der Waals surface area contributed by atoms with Crippen LogP contribution >= 0.6 is 0 Å². The van der Waals surface area contributed by atoms with Crippen LogP contribution in [0.2, 0.25) is 0 Å². The number of methoxy groups -OCH3 is 1. The van der Waals surface area contributed by atoms with Gasteiger partial charge in [0, 0.05) is 18.3 Å². The molecule has 1 atom stereocenters. The van der Waals surface area contributed by atoms with Crippen LogP contribution < -0.4 is 16.2 Å². The fraction of sp³-hybridized carbons (Fsp3) is 0.389. The first-order chi connectivity index (χ1) is 12.1. The van der Waals surface area contributed by atoms with Gasteiger partial charge in [-0.1, -0.05) is 12.1 Å². The molecule has 2 heterocycles. The summed E-state index contributed by atoms with van der Waals surface area (Å²) in [6.07, 6.45) is 4.54. The second-order valence-corrected chi connectivity index (χ2v) is 6.06. The molecule has 1 aliphatic heterocycles. The number of hydrogen-bond acceptors (Lipinski definition) is 6. The van der Waals surface area contributed by atoms with Crippen LogP contribution in [0.4, 0.5) is 5.95 Å². The lowest BCUT2D eigenvalue weighted by Gasteiger charge is -2.36. The Kier molecular flexibility index (Phi) is 5.14. The number of carbonyl (C=O) groups excluding carboxylic acids is 1. The van der Waals surface area contributed by atoms with Crippen LogP contribution in [0.1, 0.15) is 31.0 Å². The van der Waals surface area contributed by atoms with Gasteiger partial charge in [0.15, 0.2) is 0 Å². The monoisotopic (exact) mass is 341 g/mol. The van der Waals surface area contributed by atoms with Gasteiger partial charge in [0.1, 0.15) is 5.75 Å². The van der Waals surface area contributed by atoms with Gasteiger partial charge < -0.3 is 21.1 Å². The third-order valence-corrected chi connectivity index (χ3v) is 4.53. The molecule has 132 valence electrons. The molecule has 7 nitrogen and oxygen atoms in total. The van der Waals surface area contributed by atoms with E-state index in [0.717, 1.165) is 41.8 Å². The first-order valence-corrected chi connectivity index (χ1v) is 8.40. The first kappa shape index (κ1) is 17.2. The molecular formula is C18H23N5O2. The second-order valence-electron chi connectivity index (χ2n) is 6.06. The van der Waals surface area contributed by atoms with Crippen molar-refractivity contribution in [2.24, 2.45) is 5.73 Å².